The molecule has 0 unspecified atom stereocenters. The van der Waals surface area contributed by atoms with Gasteiger partial charge in [-0.15, -0.1) is 0 Å². The summed E-state index contributed by atoms with van der Waals surface area (Å²) < 4.78 is 10.6. The summed E-state index contributed by atoms with van der Waals surface area (Å²) in [5.74, 6) is 1.88. The molecule has 2 rings (SSSR count). The van der Waals surface area contributed by atoms with Gasteiger partial charge in [-0.05, 0) is 25.1 Å². The fourth-order valence-corrected chi connectivity index (χ4v) is 1.60. The van der Waals surface area contributed by atoms with E-state index in [9.17, 15) is 0 Å². The maximum absolute atomic E-state index is 5.54. The molecule has 0 radical (unpaired) electrons. The third-order valence-electron chi connectivity index (χ3n) is 2.54. The van der Waals surface area contributed by atoms with Crippen molar-refractivity contribution in [2.24, 2.45) is 5.73 Å². The van der Waals surface area contributed by atoms with Crippen molar-refractivity contribution in [2.75, 3.05) is 6.54 Å². The Kier molecular flexibility index (Phi) is 4.85. The lowest BCUT2D eigenvalue weighted by atomic mass is 10.3. The molecule has 0 fully saturated rings. The Morgan fingerprint density at radius 1 is 1.32 bits per heavy atom. The molecular formula is C13H18N4O2. The maximum Gasteiger partial charge on any atom is 0.226 e. The third kappa shape index (κ3) is 4.03. The minimum absolute atomic E-state index is 0.283. The molecule has 6 nitrogen and oxygen atoms in total. The molecule has 0 aromatic carbocycles. The second-order valence-corrected chi connectivity index (χ2v) is 4.17. The number of hydrogen-bond donors (Lipinski definition) is 1. The van der Waals surface area contributed by atoms with Crippen LogP contribution in [0.2, 0.25) is 0 Å². The first kappa shape index (κ1) is 13.5. The summed E-state index contributed by atoms with van der Waals surface area (Å²) in [5, 5.41) is 3.85. The van der Waals surface area contributed by atoms with Crippen molar-refractivity contribution in [1.29, 1.82) is 0 Å². The second-order valence-electron chi connectivity index (χ2n) is 4.17. The van der Waals surface area contributed by atoms with Crippen molar-refractivity contribution in [3.63, 3.8) is 0 Å². The van der Waals surface area contributed by atoms with E-state index in [4.69, 9.17) is 15.0 Å². The zero-order valence-electron chi connectivity index (χ0n) is 11.0. The molecule has 2 heterocycles. The van der Waals surface area contributed by atoms with E-state index in [2.05, 4.69) is 22.0 Å². The van der Waals surface area contributed by atoms with Gasteiger partial charge < -0.3 is 15.0 Å². The van der Waals surface area contributed by atoms with Gasteiger partial charge in [0.2, 0.25) is 11.7 Å². The highest BCUT2D eigenvalue weighted by molar-refractivity contribution is 5.20. The van der Waals surface area contributed by atoms with Gasteiger partial charge in [-0.3, -0.25) is 4.98 Å². The van der Waals surface area contributed by atoms with Crippen molar-refractivity contribution in [3.8, 4) is 5.75 Å². The number of nitrogens with two attached hydrogens (primary N) is 1. The molecule has 0 saturated carbocycles. The van der Waals surface area contributed by atoms with E-state index in [1.54, 1.807) is 6.20 Å². The lowest BCUT2D eigenvalue weighted by molar-refractivity contribution is 0.284. The molecule has 2 aromatic heterocycles. The second kappa shape index (κ2) is 6.84. The Hall–Kier alpha value is -1.95. The Morgan fingerprint density at radius 3 is 2.89 bits per heavy atom. The van der Waals surface area contributed by atoms with E-state index in [1.165, 1.54) is 0 Å². The van der Waals surface area contributed by atoms with Gasteiger partial charge in [0.15, 0.2) is 6.61 Å². The standard InChI is InChI=1S/C13H18N4O2/c1-2-3-13-16-12(17-19-13)9-18-11-5-4-10(6-7-14)15-8-11/h4-5,8H,2-3,6-7,9,14H2,1H3. The van der Waals surface area contributed by atoms with Gasteiger partial charge in [0.05, 0.1) is 6.20 Å². The van der Waals surface area contributed by atoms with Crippen LogP contribution in [-0.4, -0.2) is 21.7 Å². The van der Waals surface area contributed by atoms with Gasteiger partial charge in [-0.1, -0.05) is 12.1 Å². The van der Waals surface area contributed by atoms with Gasteiger partial charge in [0, 0.05) is 18.5 Å². The summed E-state index contributed by atoms with van der Waals surface area (Å²) in [4.78, 5) is 8.47. The molecule has 0 bridgehead atoms. The SMILES string of the molecule is CCCc1nc(COc2ccc(CCN)nc2)no1. The van der Waals surface area contributed by atoms with E-state index in [1.807, 2.05) is 12.1 Å². The molecule has 102 valence electrons. The van der Waals surface area contributed by atoms with Crippen LogP contribution in [0.15, 0.2) is 22.9 Å². The minimum atomic E-state index is 0.283. The normalized spacial score (nSPS) is 10.6. The van der Waals surface area contributed by atoms with Crippen LogP contribution in [-0.2, 0) is 19.4 Å². The molecule has 2 N–H and O–H groups in total. The highest BCUT2D eigenvalue weighted by Gasteiger charge is 2.06. The van der Waals surface area contributed by atoms with Crippen LogP contribution in [0.25, 0.3) is 0 Å². The Morgan fingerprint density at radius 2 is 2.21 bits per heavy atom. The Balaban J connectivity index is 1.86. The Labute approximate surface area is 112 Å². The molecule has 19 heavy (non-hydrogen) atoms. The van der Waals surface area contributed by atoms with Crippen LogP contribution in [0.1, 0.15) is 30.8 Å². The largest absolute Gasteiger partial charge is 0.484 e. The smallest absolute Gasteiger partial charge is 0.226 e. The molecule has 6 heteroatoms. The summed E-state index contributed by atoms with van der Waals surface area (Å²) in [7, 11) is 0. The van der Waals surface area contributed by atoms with E-state index in [0.29, 0.717) is 24.0 Å². The molecule has 0 aliphatic carbocycles. The topological polar surface area (TPSA) is 87.1 Å². The molecule has 0 amide bonds. The van der Waals surface area contributed by atoms with E-state index in [-0.39, 0.29) is 6.61 Å². The Bertz CT molecular complexity index is 496. The number of aryl methyl sites for hydroxylation is 1. The molecule has 0 spiro atoms. The number of rotatable bonds is 7. The average molecular weight is 262 g/mol. The van der Waals surface area contributed by atoms with E-state index >= 15 is 0 Å². The summed E-state index contributed by atoms with van der Waals surface area (Å²) in [5.41, 5.74) is 6.42. The zero-order chi connectivity index (χ0) is 13.5. The maximum atomic E-state index is 5.54. The van der Waals surface area contributed by atoms with Crippen molar-refractivity contribution >= 4 is 0 Å². The fraction of sp³-hybridized carbons (Fsp3) is 0.462. The summed E-state index contributed by atoms with van der Waals surface area (Å²) in [6.45, 7) is 2.94. The lowest BCUT2D eigenvalue weighted by Crippen LogP contribution is -2.04. The quantitative estimate of drug-likeness (QED) is 0.813. The molecule has 0 saturated heterocycles. The van der Waals surface area contributed by atoms with Crippen LogP contribution < -0.4 is 10.5 Å². The molecule has 0 atom stereocenters. The number of aromatic nitrogens is 3. The highest BCUT2D eigenvalue weighted by atomic mass is 16.5. The van der Waals surface area contributed by atoms with Crippen molar-refractivity contribution in [3.05, 3.63) is 35.7 Å². The average Bonchev–Trinajstić information content (AvgIpc) is 2.87. The van der Waals surface area contributed by atoms with Crippen LogP contribution >= 0.6 is 0 Å². The molecular weight excluding hydrogens is 244 g/mol. The number of nitrogens with zero attached hydrogens (tertiary/aromatic N) is 3. The van der Waals surface area contributed by atoms with Gasteiger partial charge >= 0.3 is 0 Å². The summed E-state index contributed by atoms with van der Waals surface area (Å²) >= 11 is 0. The fourth-order valence-electron chi connectivity index (χ4n) is 1.60. The van der Waals surface area contributed by atoms with Gasteiger partial charge in [0.1, 0.15) is 5.75 Å². The number of hydrogen-bond acceptors (Lipinski definition) is 6. The zero-order valence-corrected chi connectivity index (χ0v) is 11.0. The van der Waals surface area contributed by atoms with Crippen molar-refractivity contribution < 1.29 is 9.26 Å². The predicted octanol–water partition coefficient (Wildman–Crippen LogP) is 1.50. The molecule has 0 aliphatic heterocycles. The molecule has 0 aliphatic rings. The van der Waals surface area contributed by atoms with Gasteiger partial charge in [0.25, 0.3) is 0 Å². The third-order valence-corrected chi connectivity index (χ3v) is 2.54. The first-order valence-electron chi connectivity index (χ1n) is 6.41. The lowest BCUT2D eigenvalue weighted by Gasteiger charge is -2.03. The van der Waals surface area contributed by atoms with Gasteiger partial charge in [-0.2, -0.15) is 4.98 Å². The van der Waals surface area contributed by atoms with Gasteiger partial charge in [-0.25, -0.2) is 0 Å². The molecule has 2 aromatic rings. The van der Waals surface area contributed by atoms with Crippen LogP contribution in [0, 0.1) is 0 Å². The van der Waals surface area contributed by atoms with Crippen LogP contribution in [0.3, 0.4) is 0 Å². The highest BCUT2D eigenvalue weighted by Crippen LogP contribution is 2.11. The van der Waals surface area contributed by atoms with Crippen molar-refractivity contribution in [1.82, 2.24) is 15.1 Å². The predicted molar refractivity (Wildman–Crippen MR) is 69.6 cm³/mol. The minimum Gasteiger partial charge on any atom is -0.484 e. The first-order valence-corrected chi connectivity index (χ1v) is 6.41. The number of pyridine rings is 1. The summed E-state index contributed by atoms with van der Waals surface area (Å²) in [6, 6.07) is 3.77. The van der Waals surface area contributed by atoms with Crippen molar-refractivity contribution in [2.45, 2.75) is 32.8 Å². The van der Waals surface area contributed by atoms with E-state index < -0.39 is 0 Å². The monoisotopic (exact) mass is 262 g/mol. The number of ether oxygens (including phenoxy) is 1. The van der Waals surface area contributed by atoms with Crippen LogP contribution in [0.5, 0.6) is 5.75 Å². The van der Waals surface area contributed by atoms with Crippen LogP contribution in [0.4, 0.5) is 0 Å². The first-order chi connectivity index (χ1) is 9.31. The van der Waals surface area contributed by atoms with E-state index in [0.717, 1.165) is 25.0 Å². The summed E-state index contributed by atoms with van der Waals surface area (Å²) in [6.07, 6.45) is 4.22.